The fraction of sp³-hybridized carbons (Fsp3) is 0.333. The predicted molar refractivity (Wildman–Crippen MR) is 102 cm³/mol. The lowest BCUT2D eigenvalue weighted by atomic mass is 10.1. The second-order valence-electron chi connectivity index (χ2n) is 5.97. The van der Waals surface area contributed by atoms with Crippen molar-refractivity contribution in [2.45, 2.75) is 35.5 Å². The Morgan fingerprint density at radius 2 is 2.16 bits per heavy atom. The molecule has 0 aliphatic rings. The number of hydrogen-bond acceptors (Lipinski definition) is 7. The van der Waals surface area contributed by atoms with E-state index >= 15 is 0 Å². The van der Waals surface area contributed by atoms with E-state index in [1.807, 2.05) is 12.3 Å². The molecule has 0 saturated carbocycles. The van der Waals surface area contributed by atoms with Crippen LogP contribution >= 0.6 is 35.5 Å². The number of nitrogens with one attached hydrogen (secondary N) is 1. The van der Waals surface area contributed by atoms with Crippen molar-refractivity contribution in [3.63, 3.8) is 0 Å². The van der Waals surface area contributed by atoms with E-state index < -0.39 is 16.4 Å². The van der Waals surface area contributed by atoms with E-state index in [-0.39, 0.29) is 30.2 Å². The van der Waals surface area contributed by atoms with Gasteiger partial charge < -0.3 is 11.1 Å². The lowest BCUT2D eigenvalue weighted by Gasteiger charge is -2.18. The zero-order valence-corrected chi connectivity index (χ0v) is 16.4. The van der Waals surface area contributed by atoms with Crippen LogP contribution in [0.25, 0.3) is 0 Å². The summed E-state index contributed by atoms with van der Waals surface area (Å²) in [5.41, 5.74) is 6.24. The van der Waals surface area contributed by atoms with Gasteiger partial charge in [0.15, 0.2) is 4.34 Å². The van der Waals surface area contributed by atoms with Gasteiger partial charge in [-0.25, -0.2) is 4.98 Å². The third kappa shape index (κ3) is 6.28. The van der Waals surface area contributed by atoms with Crippen LogP contribution in [0.15, 0.2) is 32.8 Å². The van der Waals surface area contributed by atoms with Crippen LogP contribution in [-0.2, 0) is 0 Å². The van der Waals surface area contributed by atoms with E-state index in [0.29, 0.717) is 4.90 Å². The highest BCUT2D eigenvalue weighted by Gasteiger charge is 2.20. The number of benzene rings is 1. The van der Waals surface area contributed by atoms with Crippen LogP contribution in [0, 0.1) is 17.0 Å². The number of hydrogen-bond donors (Lipinski definition) is 2. The number of nitro benzene ring substituents is 1. The van der Waals surface area contributed by atoms with Gasteiger partial charge >= 0.3 is 0 Å². The van der Waals surface area contributed by atoms with Crippen LogP contribution in [-0.4, -0.2) is 27.9 Å². The largest absolute Gasteiger partial charge is 0.350 e. The van der Waals surface area contributed by atoms with Crippen LogP contribution in [0.2, 0.25) is 0 Å². The summed E-state index contributed by atoms with van der Waals surface area (Å²) in [6.07, 6.45) is 0. The van der Waals surface area contributed by atoms with E-state index in [2.05, 4.69) is 10.3 Å². The third-order valence-corrected chi connectivity index (χ3v) is 5.04. The van der Waals surface area contributed by atoms with Gasteiger partial charge in [0.1, 0.15) is 0 Å². The molecule has 0 unspecified atom stereocenters. The fourth-order valence-electron chi connectivity index (χ4n) is 1.77. The number of rotatable bonds is 6. The average molecular weight is 403 g/mol. The van der Waals surface area contributed by atoms with Crippen LogP contribution < -0.4 is 11.1 Å². The molecule has 10 heteroatoms. The zero-order valence-electron chi connectivity index (χ0n) is 13.9. The molecule has 1 heterocycles. The third-order valence-electron chi connectivity index (χ3n) is 2.92. The molecule has 0 spiro atoms. The molecule has 2 aromatic rings. The molecule has 3 N–H and O–H groups in total. The first-order chi connectivity index (χ1) is 11.2. The quantitative estimate of drug-likeness (QED) is 0.565. The van der Waals surface area contributed by atoms with E-state index in [1.54, 1.807) is 26.0 Å². The molecule has 0 fully saturated rings. The van der Waals surface area contributed by atoms with E-state index in [4.69, 9.17) is 5.73 Å². The van der Waals surface area contributed by atoms with E-state index in [1.165, 1.54) is 29.2 Å². The summed E-state index contributed by atoms with van der Waals surface area (Å²) < 4.78 is 0.720. The molecule has 25 heavy (non-hydrogen) atoms. The van der Waals surface area contributed by atoms with Crippen molar-refractivity contribution in [2.24, 2.45) is 5.73 Å². The summed E-state index contributed by atoms with van der Waals surface area (Å²) >= 11 is 2.64. The molecular weight excluding hydrogens is 384 g/mol. The molecule has 0 bridgehead atoms. The Morgan fingerprint density at radius 1 is 1.48 bits per heavy atom. The topological polar surface area (TPSA) is 111 Å². The van der Waals surface area contributed by atoms with Gasteiger partial charge in [0.2, 0.25) is 0 Å². The molecular formula is C15H19ClN4O3S2. The molecule has 1 amide bonds. The minimum Gasteiger partial charge on any atom is -0.350 e. The molecule has 0 atom stereocenters. The van der Waals surface area contributed by atoms with Gasteiger partial charge in [-0.3, -0.25) is 14.9 Å². The van der Waals surface area contributed by atoms with E-state index in [0.717, 1.165) is 10.0 Å². The fourth-order valence-corrected chi connectivity index (χ4v) is 3.65. The number of nitrogens with two attached hydrogens (primary N) is 1. The average Bonchev–Trinajstić information content (AvgIpc) is 2.89. The minimum atomic E-state index is -0.555. The number of aromatic nitrogens is 1. The summed E-state index contributed by atoms with van der Waals surface area (Å²) in [6.45, 7) is 5.70. The number of carbonyl (C=O) groups excluding carboxylic acids is 1. The first-order valence-corrected chi connectivity index (χ1v) is 8.81. The molecule has 1 aromatic carbocycles. The maximum atomic E-state index is 12.1. The standard InChI is InChI=1S/C15H18N4O3S2.ClH/c1-9-7-23-14(18-9)24-12-5-4-10(6-11(12)19(21)22)13(20)17-8-15(2,3)16;/h4-7H,8,16H2,1-3H3,(H,17,20);1H. The maximum Gasteiger partial charge on any atom is 0.284 e. The summed E-state index contributed by atoms with van der Waals surface area (Å²) in [5, 5.41) is 15.9. The highest BCUT2D eigenvalue weighted by Crippen LogP contribution is 2.36. The summed E-state index contributed by atoms with van der Waals surface area (Å²) in [7, 11) is 0. The van der Waals surface area contributed by atoms with Crippen LogP contribution in [0.5, 0.6) is 0 Å². The van der Waals surface area contributed by atoms with Gasteiger partial charge in [0.05, 0.1) is 9.82 Å². The van der Waals surface area contributed by atoms with Gasteiger partial charge in [0.25, 0.3) is 11.6 Å². The number of carbonyl (C=O) groups is 1. The van der Waals surface area contributed by atoms with Crippen molar-refractivity contribution >= 4 is 47.1 Å². The number of nitro groups is 1. The number of halogens is 1. The Hall–Kier alpha value is -1.68. The number of aryl methyl sites for hydroxylation is 1. The second-order valence-corrected chi connectivity index (χ2v) is 8.11. The van der Waals surface area contributed by atoms with Crippen molar-refractivity contribution in [1.82, 2.24) is 10.3 Å². The van der Waals surface area contributed by atoms with Crippen molar-refractivity contribution in [3.8, 4) is 0 Å². The summed E-state index contributed by atoms with van der Waals surface area (Å²) in [6, 6.07) is 4.42. The van der Waals surface area contributed by atoms with Crippen LogP contribution in [0.3, 0.4) is 0 Å². The maximum absolute atomic E-state index is 12.1. The Kier molecular flexibility index (Phi) is 7.36. The van der Waals surface area contributed by atoms with Gasteiger partial charge in [0, 0.05) is 34.8 Å². The predicted octanol–water partition coefficient (Wildman–Crippen LogP) is 3.40. The molecule has 1 aromatic heterocycles. The molecule has 0 aliphatic carbocycles. The SMILES string of the molecule is Cc1csc(Sc2ccc(C(=O)NCC(C)(C)N)cc2[N+](=O)[O-])n1.Cl. The molecule has 0 aliphatic heterocycles. The molecule has 0 saturated heterocycles. The molecule has 136 valence electrons. The Morgan fingerprint density at radius 3 is 2.68 bits per heavy atom. The first kappa shape index (κ1) is 21.4. The highest BCUT2D eigenvalue weighted by atomic mass is 35.5. The van der Waals surface area contributed by atoms with Gasteiger partial charge in [-0.1, -0.05) is 11.8 Å². The smallest absolute Gasteiger partial charge is 0.284 e. The zero-order chi connectivity index (χ0) is 17.9. The molecule has 7 nitrogen and oxygen atoms in total. The molecule has 0 radical (unpaired) electrons. The van der Waals surface area contributed by atoms with Crippen molar-refractivity contribution in [3.05, 3.63) is 45.0 Å². The summed E-state index contributed by atoms with van der Waals surface area (Å²) in [4.78, 5) is 27.7. The van der Waals surface area contributed by atoms with Gasteiger partial charge in [-0.2, -0.15) is 0 Å². The van der Waals surface area contributed by atoms with Crippen molar-refractivity contribution in [1.29, 1.82) is 0 Å². The van der Waals surface area contributed by atoms with Crippen LogP contribution in [0.4, 0.5) is 5.69 Å². The van der Waals surface area contributed by atoms with E-state index in [9.17, 15) is 14.9 Å². The first-order valence-electron chi connectivity index (χ1n) is 7.11. The lowest BCUT2D eigenvalue weighted by molar-refractivity contribution is -0.387. The Bertz CT molecular complexity index is 774. The normalized spacial score (nSPS) is 10.9. The minimum absolute atomic E-state index is 0. The summed E-state index contributed by atoms with van der Waals surface area (Å²) in [5.74, 6) is -0.390. The monoisotopic (exact) mass is 402 g/mol. The Balaban J connectivity index is 0.00000312. The second kappa shape index (κ2) is 8.61. The molecule has 2 rings (SSSR count). The van der Waals surface area contributed by atoms with Crippen LogP contribution in [0.1, 0.15) is 29.9 Å². The number of amides is 1. The Labute approximate surface area is 160 Å². The van der Waals surface area contributed by atoms with Gasteiger partial charge in [-0.15, -0.1) is 23.7 Å². The van der Waals surface area contributed by atoms with Crippen molar-refractivity contribution < 1.29 is 9.72 Å². The number of nitrogens with zero attached hydrogens (tertiary/aromatic N) is 2. The van der Waals surface area contributed by atoms with Gasteiger partial charge in [-0.05, 0) is 32.9 Å². The number of thiazole rings is 1. The van der Waals surface area contributed by atoms with Crippen molar-refractivity contribution in [2.75, 3.05) is 6.54 Å². The highest BCUT2D eigenvalue weighted by molar-refractivity contribution is 8.01. The lowest BCUT2D eigenvalue weighted by Crippen LogP contribution is -2.45.